The lowest BCUT2D eigenvalue weighted by Gasteiger charge is -2.13. The van der Waals surface area contributed by atoms with Gasteiger partial charge in [0.2, 0.25) is 0 Å². The fourth-order valence-corrected chi connectivity index (χ4v) is 3.21. The number of alkyl halides is 3. The Morgan fingerprint density at radius 2 is 1.96 bits per heavy atom. The summed E-state index contributed by atoms with van der Waals surface area (Å²) in [5.41, 5.74) is 0.260. The summed E-state index contributed by atoms with van der Waals surface area (Å²) in [4.78, 5) is 23.7. The first kappa shape index (κ1) is 19.2. The van der Waals surface area contributed by atoms with Crippen molar-refractivity contribution in [1.29, 1.82) is 0 Å². The molecule has 4 nitrogen and oxygen atoms in total. The SMILES string of the molecule is COC(=O)C[C@@H]1CC(=O)c2cc(Oc3ccc(C(F)(F)F)cc3Cl)ccc21. The molecule has 0 bridgehead atoms. The van der Waals surface area contributed by atoms with E-state index in [9.17, 15) is 22.8 Å². The molecule has 0 amide bonds. The Morgan fingerprint density at radius 1 is 1.22 bits per heavy atom. The van der Waals surface area contributed by atoms with Crippen LogP contribution in [-0.4, -0.2) is 18.9 Å². The van der Waals surface area contributed by atoms with Crippen molar-refractivity contribution in [3.05, 3.63) is 58.1 Å². The van der Waals surface area contributed by atoms with Crippen LogP contribution in [-0.2, 0) is 15.7 Å². The van der Waals surface area contributed by atoms with Crippen LogP contribution in [0.15, 0.2) is 36.4 Å². The van der Waals surface area contributed by atoms with Crippen LogP contribution in [0.25, 0.3) is 0 Å². The lowest BCUT2D eigenvalue weighted by Crippen LogP contribution is -2.06. The quantitative estimate of drug-likeness (QED) is 0.648. The Balaban J connectivity index is 1.83. The van der Waals surface area contributed by atoms with E-state index in [0.29, 0.717) is 5.56 Å². The number of hydrogen-bond acceptors (Lipinski definition) is 4. The largest absolute Gasteiger partial charge is 0.469 e. The van der Waals surface area contributed by atoms with Gasteiger partial charge in [-0.25, -0.2) is 0 Å². The molecule has 0 aliphatic heterocycles. The van der Waals surface area contributed by atoms with Crippen LogP contribution in [0.1, 0.15) is 40.2 Å². The second kappa shape index (κ2) is 7.23. The van der Waals surface area contributed by atoms with Gasteiger partial charge in [-0.3, -0.25) is 9.59 Å². The van der Waals surface area contributed by atoms with E-state index in [1.807, 2.05) is 0 Å². The molecule has 1 atom stereocenters. The molecule has 1 aliphatic carbocycles. The van der Waals surface area contributed by atoms with Crippen molar-refractivity contribution in [3.63, 3.8) is 0 Å². The molecule has 0 saturated carbocycles. The van der Waals surface area contributed by atoms with Crippen LogP contribution in [0.3, 0.4) is 0 Å². The van der Waals surface area contributed by atoms with Crippen molar-refractivity contribution in [3.8, 4) is 11.5 Å². The van der Waals surface area contributed by atoms with Gasteiger partial charge in [-0.05, 0) is 35.9 Å². The Bertz CT molecular complexity index is 908. The maximum atomic E-state index is 12.7. The third kappa shape index (κ3) is 4.08. The smallest absolute Gasteiger partial charge is 0.416 e. The lowest BCUT2D eigenvalue weighted by molar-refractivity contribution is -0.141. The summed E-state index contributed by atoms with van der Waals surface area (Å²) in [6, 6.07) is 7.52. The summed E-state index contributed by atoms with van der Waals surface area (Å²) in [6.45, 7) is 0. The third-order valence-electron chi connectivity index (χ3n) is 4.32. The highest BCUT2D eigenvalue weighted by Gasteiger charge is 2.32. The minimum atomic E-state index is -4.50. The van der Waals surface area contributed by atoms with Crippen LogP contribution in [0.5, 0.6) is 11.5 Å². The molecular formula is C19H14ClF3O4. The summed E-state index contributed by atoms with van der Waals surface area (Å²) in [5.74, 6) is -0.493. The third-order valence-corrected chi connectivity index (χ3v) is 4.62. The number of esters is 1. The van der Waals surface area contributed by atoms with Crippen molar-refractivity contribution in [2.75, 3.05) is 7.11 Å². The number of ketones is 1. The first-order chi connectivity index (χ1) is 12.7. The molecular weight excluding hydrogens is 385 g/mol. The Morgan fingerprint density at radius 3 is 2.59 bits per heavy atom. The molecule has 142 valence electrons. The van der Waals surface area contributed by atoms with Crippen molar-refractivity contribution in [1.82, 2.24) is 0 Å². The fraction of sp³-hybridized carbons (Fsp3) is 0.263. The maximum Gasteiger partial charge on any atom is 0.416 e. The Kier molecular flexibility index (Phi) is 5.15. The summed E-state index contributed by atoms with van der Waals surface area (Å²) in [6.07, 6.45) is -4.22. The minimum Gasteiger partial charge on any atom is -0.469 e. The highest BCUT2D eigenvalue weighted by molar-refractivity contribution is 6.32. The monoisotopic (exact) mass is 398 g/mol. The number of fused-ring (bicyclic) bond motifs is 1. The predicted molar refractivity (Wildman–Crippen MR) is 91.3 cm³/mol. The standard InChI is InChI=1S/C19H14ClF3O4/c1-26-18(25)7-10-6-16(24)14-9-12(3-4-13(10)14)27-17-5-2-11(8-15(17)20)19(21,22)23/h2-5,8-10H,6-7H2,1H3/t10-/m0/s1. The van der Waals surface area contributed by atoms with Crippen molar-refractivity contribution < 1.29 is 32.2 Å². The van der Waals surface area contributed by atoms with Gasteiger partial charge in [0.05, 0.1) is 24.1 Å². The molecule has 0 aromatic heterocycles. The van der Waals surface area contributed by atoms with E-state index >= 15 is 0 Å². The van der Waals surface area contributed by atoms with Crippen LogP contribution in [0.2, 0.25) is 5.02 Å². The van der Waals surface area contributed by atoms with Gasteiger partial charge in [0, 0.05) is 17.9 Å². The first-order valence-electron chi connectivity index (χ1n) is 7.97. The number of hydrogen-bond donors (Lipinski definition) is 0. The second-order valence-electron chi connectivity index (χ2n) is 6.10. The highest BCUT2D eigenvalue weighted by Crippen LogP contribution is 2.40. The van der Waals surface area contributed by atoms with Gasteiger partial charge in [0.1, 0.15) is 11.5 Å². The van der Waals surface area contributed by atoms with Gasteiger partial charge in [-0.2, -0.15) is 13.2 Å². The number of methoxy groups -OCH3 is 1. The van der Waals surface area contributed by atoms with E-state index in [1.165, 1.54) is 13.2 Å². The van der Waals surface area contributed by atoms with Gasteiger partial charge >= 0.3 is 12.1 Å². The average Bonchev–Trinajstić information content (AvgIpc) is 2.91. The molecule has 27 heavy (non-hydrogen) atoms. The number of carbonyl (C=O) groups is 2. The molecule has 0 radical (unpaired) electrons. The van der Waals surface area contributed by atoms with Gasteiger partial charge in [0.15, 0.2) is 5.78 Å². The number of halogens is 4. The minimum absolute atomic E-state index is 0.0428. The molecule has 0 heterocycles. The highest BCUT2D eigenvalue weighted by atomic mass is 35.5. The van der Waals surface area contributed by atoms with Gasteiger partial charge in [0.25, 0.3) is 0 Å². The molecule has 0 spiro atoms. The zero-order valence-electron chi connectivity index (χ0n) is 14.1. The van der Waals surface area contributed by atoms with E-state index in [2.05, 4.69) is 4.74 Å². The van der Waals surface area contributed by atoms with Crippen LogP contribution >= 0.6 is 11.6 Å². The molecule has 1 aliphatic rings. The number of rotatable bonds is 4. The van der Waals surface area contributed by atoms with Crippen LogP contribution in [0.4, 0.5) is 13.2 Å². The topological polar surface area (TPSA) is 52.6 Å². The molecule has 0 saturated heterocycles. The second-order valence-corrected chi connectivity index (χ2v) is 6.51. The molecule has 0 N–H and O–H groups in total. The predicted octanol–water partition coefficient (Wildman–Crippen LogP) is 5.38. The Labute approximate surface area is 157 Å². The van der Waals surface area contributed by atoms with E-state index < -0.39 is 17.7 Å². The van der Waals surface area contributed by atoms with Gasteiger partial charge in [-0.1, -0.05) is 17.7 Å². The van der Waals surface area contributed by atoms with E-state index in [-0.39, 0.29) is 41.1 Å². The van der Waals surface area contributed by atoms with Crippen molar-refractivity contribution in [2.45, 2.75) is 24.9 Å². The first-order valence-corrected chi connectivity index (χ1v) is 8.35. The summed E-state index contributed by atoms with van der Waals surface area (Å²) < 4.78 is 48.3. The molecule has 2 aromatic carbocycles. The maximum absolute atomic E-state index is 12.7. The molecule has 8 heteroatoms. The number of Topliss-reactive ketones (excluding diaryl/α,β-unsaturated/α-hetero) is 1. The van der Waals surface area contributed by atoms with E-state index in [1.54, 1.807) is 12.1 Å². The van der Waals surface area contributed by atoms with Gasteiger partial charge in [-0.15, -0.1) is 0 Å². The van der Waals surface area contributed by atoms with Crippen molar-refractivity contribution >= 4 is 23.4 Å². The fourth-order valence-electron chi connectivity index (χ4n) is 2.99. The van der Waals surface area contributed by atoms with E-state index in [4.69, 9.17) is 16.3 Å². The number of benzene rings is 2. The lowest BCUT2D eigenvalue weighted by atomic mass is 9.98. The molecule has 0 unspecified atom stereocenters. The number of ether oxygens (including phenoxy) is 2. The van der Waals surface area contributed by atoms with Gasteiger partial charge < -0.3 is 9.47 Å². The van der Waals surface area contributed by atoms with Crippen LogP contribution < -0.4 is 4.74 Å². The summed E-state index contributed by atoms with van der Waals surface area (Å²) in [7, 11) is 1.28. The Hall–Kier alpha value is -2.54. The summed E-state index contributed by atoms with van der Waals surface area (Å²) >= 11 is 5.88. The average molecular weight is 399 g/mol. The normalized spacial score (nSPS) is 16.2. The molecule has 2 aromatic rings. The zero-order chi connectivity index (χ0) is 19.8. The number of carbonyl (C=O) groups excluding carboxylic acids is 2. The molecule has 3 rings (SSSR count). The van der Waals surface area contributed by atoms with Crippen LogP contribution in [0, 0.1) is 0 Å². The summed E-state index contributed by atoms with van der Waals surface area (Å²) in [5, 5.41) is -0.194. The molecule has 0 fully saturated rings. The van der Waals surface area contributed by atoms with E-state index in [0.717, 1.165) is 23.8 Å². The zero-order valence-corrected chi connectivity index (χ0v) is 14.9. The van der Waals surface area contributed by atoms with Crippen molar-refractivity contribution in [2.24, 2.45) is 0 Å².